The van der Waals surface area contributed by atoms with E-state index < -0.39 is 9.84 Å². The van der Waals surface area contributed by atoms with Crippen molar-refractivity contribution in [2.45, 2.75) is 25.1 Å². The van der Waals surface area contributed by atoms with Gasteiger partial charge in [0, 0.05) is 0 Å². The summed E-state index contributed by atoms with van der Waals surface area (Å²) in [7, 11) is -2.92. The topological polar surface area (TPSA) is 63.2 Å². The van der Waals surface area contributed by atoms with Crippen molar-refractivity contribution in [2.24, 2.45) is 5.73 Å². The molecule has 0 amide bonds. The van der Waals surface area contributed by atoms with Gasteiger partial charge in [0.1, 0.15) is 11.7 Å². The van der Waals surface area contributed by atoms with E-state index in [1.165, 1.54) is 11.8 Å². The minimum Gasteiger partial charge on any atom is -0.281 e. The highest BCUT2D eigenvalue weighted by molar-refractivity contribution is 8.15. The number of hydrogen-bond acceptors (Lipinski definition) is 4. The lowest BCUT2D eigenvalue weighted by Crippen LogP contribution is -2.29. The SMILES string of the molecule is Cc1ccc(C)c([N+]2=C(N)SC3CS(=O)(=O)CC32)c1. The van der Waals surface area contributed by atoms with Crippen LogP contribution in [0.3, 0.4) is 0 Å². The lowest BCUT2D eigenvalue weighted by molar-refractivity contribution is -0.471. The number of hydrogen-bond donors (Lipinski definition) is 1. The molecule has 1 aromatic rings. The Balaban J connectivity index is 2.09. The number of benzene rings is 1. The van der Waals surface area contributed by atoms with Gasteiger partial charge in [0.2, 0.25) is 0 Å². The van der Waals surface area contributed by atoms with Crippen LogP contribution in [0.15, 0.2) is 18.2 Å². The number of sulfone groups is 1. The van der Waals surface area contributed by atoms with Gasteiger partial charge in [-0.05, 0) is 42.8 Å². The second-order valence-electron chi connectivity index (χ2n) is 5.30. The van der Waals surface area contributed by atoms with Crippen LogP contribution in [0.4, 0.5) is 5.69 Å². The average Bonchev–Trinajstić information content (AvgIpc) is 2.73. The van der Waals surface area contributed by atoms with Gasteiger partial charge in [-0.15, -0.1) is 0 Å². The summed E-state index contributed by atoms with van der Waals surface area (Å²) in [6, 6.07) is 6.17. The second-order valence-corrected chi connectivity index (χ2v) is 8.71. The van der Waals surface area contributed by atoms with E-state index in [-0.39, 0.29) is 22.8 Å². The molecule has 0 spiro atoms. The Morgan fingerprint density at radius 2 is 2.05 bits per heavy atom. The molecular weight excluding hydrogens is 280 g/mol. The highest BCUT2D eigenvalue weighted by atomic mass is 32.2. The van der Waals surface area contributed by atoms with Crippen LogP contribution in [0.1, 0.15) is 11.1 Å². The largest absolute Gasteiger partial charge is 0.310 e. The van der Waals surface area contributed by atoms with Crippen LogP contribution in [0, 0.1) is 13.8 Å². The van der Waals surface area contributed by atoms with Crippen LogP contribution in [0.5, 0.6) is 0 Å². The average molecular weight is 297 g/mol. The van der Waals surface area contributed by atoms with E-state index in [1.54, 1.807) is 0 Å². The van der Waals surface area contributed by atoms with Gasteiger partial charge in [0.15, 0.2) is 9.84 Å². The molecule has 102 valence electrons. The number of rotatable bonds is 1. The Labute approximate surface area is 117 Å². The Morgan fingerprint density at radius 3 is 2.79 bits per heavy atom. The normalized spacial score (nSPS) is 28.7. The third-order valence-electron chi connectivity index (χ3n) is 3.74. The molecule has 4 nitrogen and oxygen atoms in total. The summed E-state index contributed by atoms with van der Waals surface area (Å²) >= 11 is 1.50. The zero-order chi connectivity index (χ0) is 13.8. The molecule has 1 aromatic carbocycles. The molecule has 2 heterocycles. The van der Waals surface area contributed by atoms with Crippen LogP contribution in [-0.2, 0) is 9.84 Å². The van der Waals surface area contributed by atoms with Crippen molar-refractivity contribution in [3.63, 3.8) is 0 Å². The fourth-order valence-corrected chi connectivity index (χ4v) is 6.61. The minimum atomic E-state index is -2.92. The maximum Gasteiger partial charge on any atom is 0.310 e. The fourth-order valence-electron chi connectivity index (χ4n) is 2.80. The van der Waals surface area contributed by atoms with Crippen molar-refractivity contribution in [3.8, 4) is 0 Å². The van der Waals surface area contributed by atoms with Gasteiger partial charge >= 0.3 is 5.17 Å². The second kappa shape index (κ2) is 4.24. The predicted molar refractivity (Wildman–Crippen MR) is 78.9 cm³/mol. The van der Waals surface area contributed by atoms with Crippen LogP contribution < -0.4 is 5.73 Å². The molecule has 0 bridgehead atoms. The standard InChI is InChI=1S/C13H16N2O2S2/c1-8-3-4-9(2)10(5-8)15-11-6-19(16,17)7-12(11)18-13(15)14/h3-5,11-12,14H,6-7H2,1-2H3/p+1. The van der Waals surface area contributed by atoms with Gasteiger partial charge in [-0.25, -0.2) is 13.0 Å². The van der Waals surface area contributed by atoms with Gasteiger partial charge in [-0.2, -0.15) is 0 Å². The number of fused-ring (bicyclic) bond motifs is 1. The molecule has 2 atom stereocenters. The Kier molecular flexibility index (Phi) is 2.90. The highest BCUT2D eigenvalue weighted by Gasteiger charge is 2.50. The van der Waals surface area contributed by atoms with Crippen molar-refractivity contribution in [2.75, 3.05) is 11.5 Å². The number of nitrogens with two attached hydrogens (primary N) is 1. The molecule has 1 fully saturated rings. The van der Waals surface area contributed by atoms with Gasteiger partial charge in [0.25, 0.3) is 0 Å². The third-order valence-corrected chi connectivity index (χ3v) is 6.89. The van der Waals surface area contributed by atoms with Crippen molar-refractivity contribution in [1.82, 2.24) is 0 Å². The van der Waals surface area contributed by atoms with E-state index in [9.17, 15) is 8.42 Å². The minimum absolute atomic E-state index is 0.0181. The molecule has 0 radical (unpaired) electrons. The Hall–Kier alpha value is -1.01. The highest BCUT2D eigenvalue weighted by Crippen LogP contribution is 2.37. The van der Waals surface area contributed by atoms with Gasteiger partial charge < -0.3 is 0 Å². The zero-order valence-electron chi connectivity index (χ0n) is 11.0. The summed E-state index contributed by atoms with van der Waals surface area (Å²) in [6.07, 6.45) is 0. The molecule has 0 aromatic heterocycles. The maximum absolute atomic E-state index is 11.8. The smallest absolute Gasteiger partial charge is 0.281 e. The number of nitrogens with zero attached hydrogens (tertiary/aromatic N) is 1. The molecule has 6 heteroatoms. The Bertz CT molecular complexity index is 680. The van der Waals surface area contributed by atoms with Crippen molar-refractivity contribution < 1.29 is 13.0 Å². The number of aryl methyl sites for hydroxylation is 2. The summed E-state index contributed by atoms with van der Waals surface area (Å²) in [5, 5.41) is 0.795. The molecule has 19 heavy (non-hydrogen) atoms. The van der Waals surface area contributed by atoms with Crippen LogP contribution >= 0.6 is 11.8 Å². The molecule has 2 N–H and O–H groups in total. The molecule has 1 saturated heterocycles. The van der Waals surface area contributed by atoms with Gasteiger partial charge in [-0.3, -0.25) is 5.73 Å². The van der Waals surface area contributed by atoms with Crippen LogP contribution in [0.25, 0.3) is 0 Å². The van der Waals surface area contributed by atoms with Crippen molar-refractivity contribution in [1.29, 1.82) is 0 Å². The first-order valence-electron chi connectivity index (χ1n) is 6.23. The summed E-state index contributed by atoms with van der Waals surface area (Å²) in [5.41, 5.74) is 9.44. The van der Waals surface area contributed by atoms with Crippen LogP contribution in [0.2, 0.25) is 0 Å². The summed E-state index contributed by atoms with van der Waals surface area (Å²) in [6.45, 7) is 4.06. The van der Waals surface area contributed by atoms with E-state index in [4.69, 9.17) is 5.73 Å². The molecular formula is C13H17N2O2S2+. The molecule has 3 rings (SSSR count). The van der Waals surface area contributed by atoms with E-state index in [0.717, 1.165) is 22.0 Å². The summed E-state index contributed by atoms with van der Waals surface area (Å²) in [4.78, 5) is 0. The number of amidine groups is 1. The summed E-state index contributed by atoms with van der Waals surface area (Å²) in [5.74, 6) is 0.448. The Morgan fingerprint density at radius 1 is 1.32 bits per heavy atom. The summed E-state index contributed by atoms with van der Waals surface area (Å²) < 4.78 is 25.6. The lowest BCUT2D eigenvalue weighted by atomic mass is 10.1. The molecule has 0 saturated carbocycles. The first-order chi connectivity index (χ1) is 8.87. The third kappa shape index (κ3) is 2.17. The monoisotopic (exact) mass is 297 g/mol. The maximum atomic E-state index is 11.8. The van der Waals surface area contributed by atoms with E-state index >= 15 is 0 Å². The van der Waals surface area contributed by atoms with E-state index in [0.29, 0.717) is 0 Å². The van der Waals surface area contributed by atoms with Gasteiger partial charge in [0.05, 0.1) is 16.8 Å². The zero-order valence-corrected chi connectivity index (χ0v) is 12.6. The quantitative estimate of drug-likeness (QED) is 0.791. The van der Waals surface area contributed by atoms with E-state index in [1.807, 2.05) is 18.4 Å². The first-order valence-corrected chi connectivity index (χ1v) is 8.93. The van der Waals surface area contributed by atoms with Crippen LogP contribution in [-0.4, -0.2) is 41.0 Å². The van der Waals surface area contributed by atoms with Gasteiger partial charge in [-0.1, -0.05) is 12.1 Å². The fraction of sp³-hybridized carbons (Fsp3) is 0.462. The predicted octanol–water partition coefficient (Wildman–Crippen LogP) is 1.17. The first kappa shape index (κ1) is 13.0. The molecule has 2 unspecified atom stereocenters. The molecule has 0 aliphatic carbocycles. The molecule has 2 aliphatic heterocycles. The molecule has 2 aliphatic rings. The number of thioether (sulfide) groups is 1. The lowest BCUT2D eigenvalue weighted by Gasteiger charge is -2.13. The van der Waals surface area contributed by atoms with Crippen molar-refractivity contribution in [3.05, 3.63) is 29.3 Å². The van der Waals surface area contributed by atoms with E-state index in [2.05, 4.69) is 18.2 Å². The van der Waals surface area contributed by atoms with Crippen molar-refractivity contribution >= 4 is 32.5 Å².